The van der Waals surface area contributed by atoms with Crippen molar-refractivity contribution in [2.75, 3.05) is 5.32 Å². The monoisotopic (exact) mass is 321 g/mol. The lowest BCUT2D eigenvalue weighted by atomic mass is 10.1. The van der Waals surface area contributed by atoms with E-state index in [0.717, 1.165) is 5.69 Å². The zero-order valence-corrected chi connectivity index (χ0v) is 11.8. The van der Waals surface area contributed by atoms with Crippen LogP contribution >= 0.6 is 15.9 Å². The van der Waals surface area contributed by atoms with Gasteiger partial charge in [0.15, 0.2) is 0 Å². The predicted molar refractivity (Wildman–Crippen MR) is 77.1 cm³/mol. The molecule has 0 aliphatic rings. The number of pyridine rings is 1. The van der Waals surface area contributed by atoms with E-state index < -0.39 is 0 Å². The van der Waals surface area contributed by atoms with Crippen molar-refractivity contribution in [3.63, 3.8) is 0 Å². The number of nitro benzene ring substituents is 1. The van der Waals surface area contributed by atoms with Crippen molar-refractivity contribution >= 4 is 27.3 Å². The highest BCUT2D eigenvalue weighted by Gasteiger charge is 2.18. The van der Waals surface area contributed by atoms with Crippen LogP contribution in [0.4, 0.5) is 11.4 Å². The smallest absolute Gasteiger partial charge is 0.274 e. The first kappa shape index (κ1) is 13.5. The highest BCUT2D eigenvalue weighted by atomic mass is 79.9. The fourth-order valence-corrected chi connectivity index (χ4v) is 2.19. The molecule has 0 aliphatic heterocycles. The van der Waals surface area contributed by atoms with Crippen LogP contribution in [-0.4, -0.2) is 9.91 Å². The molecular formula is C13H12BrN3O2. The van der Waals surface area contributed by atoms with E-state index in [9.17, 15) is 10.1 Å². The molecule has 0 spiro atoms. The number of benzene rings is 1. The number of rotatable bonds is 4. The number of anilines is 1. The van der Waals surface area contributed by atoms with Crippen LogP contribution in [0.1, 0.15) is 18.5 Å². The molecule has 0 radical (unpaired) electrons. The Hall–Kier alpha value is -1.95. The fourth-order valence-electron chi connectivity index (χ4n) is 1.82. The maximum Gasteiger partial charge on any atom is 0.274 e. The zero-order chi connectivity index (χ0) is 13.8. The quantitative estimate of drug-likeness (QED) is 0.526. The minimum absolute atomic E-state index is 0.113. The number of hydrogen-bond acceptors (Lipinski definition) is 4. The van der Waals surface area contributed by atoms with Gasteiger partial charge in [-0.15, -0.1) is 0 Å². The lowest BCUT2D eigenvalue weighted by molar-refractivity contribution is -0.385. The molecule has 1 aromatic heterocycles. The molecule has 0 bridgehead atoms. The van der Waals surface area contributed by atoms with Gasteiger partial charge in [-0.2, -0.15) is 0 Å². The van der Waals surface area contributed by atoms with Crippen molar-refractivity contribution in [2.45, 2.75) is 13.0 Å². The average Bonchev–Trinajstić information content (AvgIpc) is 2.41. The van der Waals surface area contributed by atoms with Crippen LogP contribution in [0.5, 0.6) is 0 Å². The molecule has 1 atom stereocenters. The van der Waals surface area contributed by atoms with Gasteiger partial charge >= 0.3 is 0 Å². The molecule has 0 saturated heterocycles. The lowest BCUT2D eigenvalue weighted by Gasteiger charge is -2.16. The summed E-state index contributed by atoms with van der Waals surface area (Å²) >= 11 is 3.34. The molecule has 1 aromatic carbocycles. The van der Waals surface area contributed by atoms with E-state index in [0.29, 0.717) is 10.2 Å². The lowest BCUT2D eigenvalue weighted by Crippen LogP contribution is -2.09. The Morgan fingerprint density at radius 1 is 1.32 bits per heavy atom. The van der Waals surface area contributed by atoms with Gasteiger partial charge in [-0.3, -0.25) is 10.1 Å². The summed E-state index contributed by atoms with van der Waals surface area (Å²) in [5, 5.41) is 14.2. The van der Waals surface area contributed by atoms with E-state index in [-0.39, 0.29) is 16.7 Å². The highest BCUT2D eigenvalue weighted by molar-refractivity contribution is 9.10. The molecule has 5 nitrogen and oxygen atoms in total. The van der Waals surface area contributed by atoms with E-state index in [2.05, 4.69) is 26.2 Å². The van der Waals surface area contributed by atoms with Gasteiger partial charge in [-0.05, 0) is 35.0 Å². The summed E-state index contributed by atoms with van der Waals surface area (Å²) in [5.74, 6) is 0. The third-order valence-electron chi connectivity index (χ3n) is 2.73. The Balaban J connectivity index is 2.28. The van der Waals surface area contributed by atoms with Crippen molar-refractivity contribution in [2.24, 2.45) is 0 Å². The molecule has 0 fully saturated rings. The number of nitrogens with zero attached hydrogens (tertiary/aromatic N) is 2. The Morgan fingerprint density at radius 2 is 2.05 bits per heavy atom. The van der Waals surface area contributed by atoms with Crippen LogP contribution in [0.15, 0.2) is 47.2 Å². The van der Waals surface area contributed by atoms with Gasteiger partial charge in [0.25, 0.3) is 5.69 Å². The number of aromatic nitrogens is 1. The third kappa shape index (κ3) is 3.08. The van der Waals surface area contributed by atoms with Crippen molar-refractivity contribution in [1.29, 1.82) is 0 Å². The van der Waals surface area contributed by atoms with Crippen LogP contribution in [0.25, 0.3) is 0 Å². The molecule has 19 heavy (non-hydrogen) atoms. The third-order valence-corrected chi connectivity index (χ3v) is 3.36. The molecule has 98 valence electrons. The molecule has 1 heterocycles. The van der Waals surface area contributed by atoms with Crippen molar-refractivity contribution in [3.8, 4) is 0 Å². The topological polar surface area (TPSA) is 68.1 Å². The van der Waals surface area contributed by atoms with Crippen molar-refractivity contribution < 1.29 is 4.92 Å². The Bertz CT molecular complexity index is 604. The second-order valence-electron chi connectivity index (χ2n) is 4.02. The summed E-state index contributed by atoms with van der Waals surface area (Å²) in [6.45, 7) is 1.88. The van der Waals surface area contributed by atoms with Crippen molar-refractivity contribution in [3.05, 3.63) is 62.9 Å². The molecule has 0 saturated carbocycles. The number of halogens is 1. The Labute approximate surface area is 119 Å². The normalized spacial score (nSPS) is 11.9. The van der Waals surface area contributed by atoms with E-state index in [1.165, 1.54) is 6.07 Å². The van der Waals surface area contributed by atoms with Crippen LogP contribution in [0, 0.1) is 10.1 Å². The summed E-state index contributed by atoms with van der Waals surface area (Å²) in [5.41, 5.74) is 1.55. The first-order valence-electron chi connectivity index (χ1n) is 5.70. The Kier molecular flexibility index (Phi) is 4.11. The van der Waals surface area contributed by atoms with Crippen LogP contribution in [0.3, 0.4) is 0 Å². The molecule has 0 aliphatic carbocycles. The second kappa shape index (κ2) is 5.79. The molecule has 1 N–H and O–H groups in total. The van der Waals surface area contributed by atoms with Crippen molar-refractivity contribution in [1.82, 2.24) is 4.98 Å². The molecule has 1 unspecified atom stereocenters. The van der Waals surface area contributed by atoms with E-state index in [4.69, 9.17) is 0 Å². The first-order valence-corrected chi connectivity index (χ1v) is 6.49. The summed E-state index contributed by atoms with van der Waals surface area (Å²) in [6, 6.07) is 10.2. The van der Waals surface area contributed by atoms with E-state index in [1.54, 1.807) is 30.5 Å². The Morgan fingerprint density at radius 3 is 2.74 bits per heavy atom. The van der Waals surface area contributed by atoms with Crippen LogP contribution in [0.2, 0.25) is 0 Å². The van der Waals surface area contributed by atoms with Gasteiger partial charge in [0.1, 0.15) is 4.60 Å². The van der Waals surface area contributed by atoms with Crippen LogP contribution in [-0.2, 0) is 0 Å². The minimum atomic E-state index is -0.369. The summed E-state index contributed by atoms with van der Waals surface area (Å²) < 4.78 is 0.681. The number of nitro groups is 1. The molecule has 2 aromatic rings. The average molecular weight is 322 g/mol. The number of hydrogen-bond donors (Lipinski definition) is 1. The maximum atomic E-state index is 11.0. The molecule has 6 heteroatoms. The summed E-state index contributed by atoms with van der Waals surface area (Å²) in [6.07, 6.45) is 1.67. The second-order valence-corrected chi connectivity index (χ2v) is 4.77. The summed E-state index contributed by atoms with van der Waals surface area (Å²) in [7, 11) is 0. The maximum absolute atomic E-state index is 11.0. The predicted octanol–water partition coefficient (Wildman–Crippen LogP) is 3.93. The van der Waals surface area contributed by atoms with Gasteiger partial charge in [-0.25, -0.2) is 4.98 Å². The van der Waals surface area contributed by atoms with E-state index in [1.807, 2.05) is 13.0 Å². The minimum Gasteiger partial charge on any atom is -0.376 e. The standard InChI is InChI=1S/C13H12BrN3O2/c1-9(16-11-6-4-8-15-13(11)14)10-5-2-3-7-12(10)17(18)19/h2-9,16H,1H3. The first-order chi connectivity index (χ1) is 9.09. The highest BCUT2D eigenvalue weighted by Crippen LogP contribution is 2.29. The molecule has 2 rings (SSSR count). The van der Waals surface area contributed by atoms with E-state index >= 15 is 0 Å². The molecule has 0 amide bonds. The largest absolute Gasteiger partial charge is 0.376 e. The van der Waals surface area contributed by atoms with Gasteiger partial charge in [0, 0.05) is 12.3 Å². The summed E-state index contributed by atoms with van der Waals surface area (Å²) in [4.78, 5) is 14.7. The van der Waals surface area contributed by atoms with Gasteiger partial charge < -0.3 is 5.32 Å². The van der Waals surface area contributed by atoms with Gasteiger partial charge in [0.2, 0.25) is 0 Å². The number of nitrogens with one attached hydrogen (secondary N) is 1. The van der Waals surface area contributed by atoms with Crippen LogP contribution < -0.4 is 5.32 Å². The zero-order valence-electron chi connectivity index (χ0n) is 10.2. The SMILES string of the molecule is CC(Nc1cccnc1Br)c1ccccc1[N+](=O)[O-]. The fraction of sp³-hybridized carbons (Fsp3) is 0.154. The molecular weight excluding hydrogens is 310 g/mol. The van der Waals surface area contributed by atoms with Gasteiger partial charge in [0.05, 0.1) is 22.2 Å². The van der Waals surface area contributed by atoms with Gasteiger partial charge in [-0.1, -0.05) is 18.2 Å². The number of para-hydroxylation sites is 1.